The van der Waals surface area contributed by atoms with Crippen molar-refractivity contribution < 1.29 is 14.3 Å². The van der Waals surface area contributed by atoms with Crippen molar-refractivity contribution >= 4 is 27.7 Å². The molecule has 5 nitrogen and oxygen atoms in total. The van der Waals surface area contributed by atoms with Crippen molar-refractivity contribution in [2.24, 2.45) is 0 Å². The van der Waals surface area contributed by atoms with Crippen LogP contribution in [0.5, 0.6) is 5.75 Å². The molecule has 0 saturated heterocycles. The highest BCUT2D eigenvalue weighted by Gasteiger charge is 2.31. The van der Waals surface area contributed by atoms with Gasteiger partial charge in [0.2, 0.25) is 5.91 Å². The van der Waals surface area contributed by atoms with E-state index in [9.17, 15) is 9.59 Å². The molecule has 1 N–H and O–H groups in total. The lowest BCUT2D eigenvalue weighted by Crippen LogP contribution is -2.53. The Hall–Kier alpha value is -3.12. The van der Waals surface area contributed by atoms with Gasteiger partial charge in [0, 0.05) is 19.0 Å². The summed E-state index contributed by atoms with van der Waals surface area (Å²) in [5, 5.41) is 3.10. The van der Waals surface area contributed by atoms with Crippen LogP contribution >= 0.6 is 15.9 Å². The van der Waals surface area contributed by atoms with Crippen molar-refractivity contribution in [2.75, 3.05) is 6.61 Å². The number of nitrogens with zero attached hydrogens (tertiary/aromatic N) is 1. The number of ether oxygens (including phenoxy) is 1. The molecule has 0 fully saturated rings. The Bertz CT molecular complexity index is 1250. The zero-order valence-corrected chi connectivity index (χ0v) is 25.5. The first kappa shape index (κ1) is 30.4. The molecule has 6 heteroatoms. The van der Waals surface area contributed by atoms with Gasteiger partial charge in [-0.05, 0) is 70.4 Å². The number of amides is 2. The number of hydrogen-bond donors (Lipinski definition) is 1. The molecule has 0 spiro atoms. The molecule has 3 aromatic rings. The van der Waals surface area contributed by atoms with Gasteiger partial charge in [-0.15, -0.1) is 0 Å². The SMILES string of the molecule is CC[C@@H](C)NC(=O)[C@H](Cc1ccccc1)N(Cc1cccc(C)c1)C(=O)COc1ccc(C(C)(C)C)cc1Br. The third-order valence-corrected chi connectivity index (χ3v) is 7.48. The second-order valence-corrected chi connectivity index (χ2v) is 12.1. The summed E-state index contributed by atoms with van der Waals surface area (Å²) in [7, 11) is 0. The van der Waals surface area contributed by atoms with E-state index in [0.717, 1.165) is 27.6 Å². The number of aryl methyl sites for hydroxylation is 1. The van der Waals surface area contributed by atoms with E-state index in [4.69, 9.17) is 4.74 Å². The lowest BCUT2D eigenvalue weighted by Gasteiger charge is -2.32. The summed E-state index contributed by atoms with van der Waals surface area (Å²) in [6.45, 7) is 12.6. The molecule has 2 atom stereocenters. The van der Waals surface area contributed by atoms with E-state index in [1.165, 1.54) is 5.56 Å². The molecule has 3 aromatic carbocycles. The minimum absolute atomic E-state index is 0.000214. The maximum Gasteiger partial charge on any atom is 0.261 e. The van der Waals surface area contributed by atoms with Gasteiger partial charge in [0.05, 0.1) is 4.47 Å². The summed E-state index contributed by atoms with van der Waals surface area (Å²) >= 11 is 3.61. The maximum atomic E-state index is 13.8. The largest absolute Gasteiger partial charge is 0.483 e. The molecule has 0 saturated carbocycles. The second kappa shape index (κ2) is 13.8. The zero-order chi connectivity index (χ0) is 28.6. The fourth-order valence-corrected chi connectivity index (χ4v) is 4.80. The number of nitrogens with one attached hydrogen (secondary N) is 1. The number of carbonyl (C=O) groups excluding carboxylic acids is 2. The van der Waals surface area contributed by atoms with Crippen LogP contribution in [0.1, 0.15) is 63.3 Å². The molecule has 0 aliphatic carbocycles. The normalized spacial score (nSPS) is 12.9. The smallest absolute Gasteiger partial charge is 0.261 e. The molecular formula is C33H41BrN2O3. The van der Waals surface area contributed by atoms with Crippen LogP contribution in [0.3, 0.4) is 0 Å². The average Bonchev–Trinajstić information content (AvgIpc) is 2.89. The van der Waals surface area contributed by atoms with Gasteiger partial charge < -0.3 is 15.0 Å². The van der Waals surface area contributed by atoms with Crippen LogP contribution < -0.4 is 10.1 Å². The van der Waals surface area contributed by atoms with E-state index in [0.29, 0.717) is 18.7 Å². The molecule has 39 heavy (non-hydrogen) atoms. The predicted octanol–water partition coefficient (Wildman–Crippen LogP) is 6.99. The van der Waals surface area contributed by atoms with E-state index in [1.807, 2.05) is 87.5 Å². The van der Waals surface area contributed by atoms with Crippen LogP contribution in [0.15, 0.2) is 77.3 Å². The number of rotatable bonds is 11. The van der Waals surface area contributed by atoms with Crippen LogP contribution in [0.2, 0.25) is 0 Å². The van der Waals surface area contributed by atoms with Gasteiger partial charge in [-0.3, -0.25) is 9.59 Å². The fourth-order valence-electron chi connectivity index (χ4n) is 4.31. The highest BCUT2D eigenvalue weighted by atomic mass is 79.9. The van der Waals surface area contributed by atoms with Crippen molar-refractivity contribution in [3.8, 4) is 5.75 Å². The molecule has 0 bridgehead atoms. The highest BCUT2D eigenvalue weighted by Crippen LogP contribution is 2.31. The van der Waals surface area contributed by atoms with Gasteiger partial charge in [-0.1, -0.05) is 93.9 Å². The first-order valence-electron chi connectivity index (χ1n) is 13.6. The topological polar surface area (TPSA) is 58.6 Å². The average molecular weight is 594 g/mol. The molecular weight excluding hydrogens is 552 g/mol. The Morgan fingerprint density at radius 3 is 2.28 bits per heavy atom. The van der Waals surface area contributed by atoms with Crippen molar-refractivity contribution in [3.05, 3.63) is 99.5 Å². The molecule has 0 aliphatic heterocycles. The highest BCUT2D eigenvalue weighted by molar-refractivity contribution is 9.10. The Morgan fingerprint density at radius 2 is 1.67 bits per heavy atom. The Balaban J connectivity index is 1.92. The number of benzene rings is 3. The van der Waals surface area contributed by atoms with Crippen molar-refractivity contribution in [2.45, 2.75) is 78.4 Å². The fraction of sp³-hybridized carbons (Fsp3) is 0.394. The van der Waals surface area contributed by atoms with Crippen LogP contribution in [-0.2, 0) is 28.0 Å². The summed E-state index contributed by atoms with van der Waals surface area (Å²) in [6, 6.07) is 23.1. The maximum absolute atomic E-state index is 13.8. The molecule has 0 heterocycles. The molecule has 3 rings (SSSR count). The van der Waals surface area contributed by atoms with Crippen LogP contribution in [0.25, 0.3) is 0 Å². The van der Waals surface area contributed by atoms with Crippen LogP contribution in [0.4, 0.5) is 0 Å². The van der Waals surface area contributed by atoms with E-state index >= 15 is 0 Å². The molecule has 208 valence electrons. The molecule has 0 unspecified atom stereocenters. The third kappa shape index (κ3) is 8.96. The third-order valence-electron chi connectivity index (χ3n) is 6.86. The van der Waals surface area contributed by atoms with Crippen molar-refractivity contribution in [1.29, 1.82) is 0 Å². The molecule has 0 aliphatic rings. The Labute approximate surface area is 242 Å². The van der Waals surface area contributed by atoms with Crippen molar-refractivity contribution in [3.63, 3.8) is 0 Å². The number of halogens is 1. The Kier molecular flexibility index (Phi) is 10.8. The summed E-state index contributed by atoms with van der Waals surface area (Å²) in [4.78, 5) is 29.1. The van der Waals surface area contributed by atoms with Gasteiger partial charge >= 0.3 is 0 Å². The van der Waals surface area contributed by atoms with E-state index < -0.39 is 6.04 Å². The summed E-state index contributed by atoms with van der Waals surface area (Å²) in [5.74, 6) is 0.184. The van der Waals surface area contributed by atoms with E-state index in [1.54, 1.807) is 4.90 Å². The number of carbonyl (C=O) groups is 2. The van der Waals surface area contributed by atoms with E-state index in [-0.39, 0.29) is 29.9 Å². The number of hydrogen-bond acceptors (Lipinski definition) is 3. The minimum Gasteiger partial charge on any atom is -0.483 e. The monoisotopic (exact) mass is 592 g/mol. The quantitative estimate of drug-likeness (QED) is 0.261. The summed E-state index contributed by atoms with van der Waals surface area (Å²) in [5.41, 5.74) is 4.22. The van der Waals surface area contributed by atoms with E-state index in [2.05, 4.69) is 48.1 Å². The summed E-state index contributed by atoms with van der Waals surface area (Å²) < 4.78 is 6.82. The lowest BCUT2D eigenvalue weighted by atomic mass is 9.87. The van der Waals surface area contributed by atoms with Gasteiger partial charge in [-0.25, -0.2) is 0 Å². The molecule has 0 aromatic heterocycles. The zero-order valence-electron chi connectivity index (χ0n) is 24.0. The van der Waals surface area contributed by atoms with Crippen molar-refractivity contribution in [1.82, 2.24) is 10.2 Å². The second-order valence-electron chi connectivity index (χ2n) is 11.2. The lowest BCUT2D eigenvalue weighted by molar-refractivity contribution is -0.143. The first-order valence-corrected chi connectivity index (χ1v) is 14.4. The standard InChI is InChI=1S/C33H41BrN2O3/c1-7-24(3)35-32(38)29(19-25-13-9-8-10-14-25)36(21-26-15-11-12-23(2)18-26)31(37)22-39-30-17-16-27(20-28(30)34)33(4,5)6/h8-18,20,24,29H,7,19,21-22H2,1-6H3,(H,35,38)/t24-,29+/m1/s1. The molecule has 2 amide bonds. The molecule has 0 radical (unpaired) electrons. The van der Waals surface area contributed by atoms with Gasteiger partial charge in [0.25, 0.3) is 5.91 Å². The van der Waals surface area contributed by atoms with Gasteiger partial charge in [0.1, 0.15) is 11.8 Å². The van der Waals surface area contributed by atoms with Crippen LogP contribution in [-0.4, -0.2) is 35.4 Å². The Morgan fingerprint density at radius 1 is 0.974 bits per heavy atom. The minimum atomic E-state index is -0.690. The summed E-state index contributed by atoms with van der Waals surface area (Å²) in [6.07, 6.45) is 1.21. The van der Waals surface area contributed by atoms with Gasteiger partial charge in [0.15, 0.2) is 6.61 Å². The first-order chi connectivity index (χ1) is 18.5. The van der Waals surface area contributed by atoms with Crippen LogP contribution in [0, 0.1) is 6.92 Å². The predicted molar refractivity (Wildman–Crippen MR) is 162 cm³/mol. The van der Waals surface area contributed by atoms with Gasteiger partial charge in [-0.2, -0.15) is 0 Å².